The quantitative estimate of drug-likeness (QED) is 0.759. The predicted octanol–water partition coefficient (Wildman–Crippen LogP) is 2.62. The molecule has 0 spiro atoms. The Hall–Kier alpha value is -1.90. The van der Waals surface area contributed by atoms with E-state index in [0.29, 0.717) is 22.0 Å². The summed E-state index contributed by atoms with van der Waals surface area (Å²) in [6, 6.07) is 4.65. The molecule has 0 aliphatic heterocycles. The Morgan fingerprint density at radius 3 is 2.80 bits per heavy atom. The van der Waals surface area contributed by atoms with Gasteiger partial charge >= 0.3 is 0 Å². The third-order valence-electron chi connectivity index (χ3n) is 2.35. The number of fused-ring (bicyclic) bond motifs is 1. The molecule has 0 saturated heterocycles. The summed E-state index contributed by atoms with van der Waals surface area (Å²) in [6.07, 6.45) is 1.54. The summed E-state index contributed by atoms with van der Waals surface area (Å²) in [7, 11) is 0. The van der Waals surface area contributed by atoms with Crippen LogP contribution in [0.2, 0.25) is 0 Å². The van der Waals surface area contributed by atoms with Crippen LogP contribution in [0.3, 0.4) is 0 Å². The van der Waals surface area contributed by atoms with E-state index >= 15 is 0 Å². The van der Waals surface area contributed by atoms with E-state index in [-0.39, 0.29) is 11.4 Å². The van der Waals surface area contributed by atoms with Gasteiger partial charge in [-0.3, -0.25) is 4.79 Å². The fourth-order valence-corrected chi connectivity index (χ4v) is 1.51. The van der Waals surface area contributed by atoms with E-state index in [1.807, 2.05) is 0 Å². The van der Waals surface area contributed by atoms with E-state index in [2.05, 4.69) is 11.6 Å². The summed E-state index contributed by atoms with van der Waals surface area (Å²) >= 11 is 0. The zero-order chi connectivity index (χ0) is 11.0. The summed E-state index contributed by atoms with van der Waals surface area (Å²) in [6.45, 7) is 5.21. The number of H-pyrrole nitrogens is 1. The number of rotatable bonds is 1. The maximum absolute atomic E-state index is 13.6. The smallest absolute Gasteiger partial charge is 0.251 e. The van der Waals surface area contributed by atoms with Crippen molar-refractivity contribution < 1.29 is 4.39 Å². The fourth-order valence-electron chi connectivity index (χ4n) is 1.51. The van der Waals surface area contributed by atoms with Crippen LogP contribution < -0.4 is 5.56 Å². The van der Waals surface area contributed by atoms with Gasteiger partial charge in [0.15, 0.2) is 0 Å². The molecular formula is C12H10FNO. The number of aromatic nitrogens is 1. The molecule has 1 N–H and O–H groups in total. The molecule has 1 aromatic carbocycles. The molecule has 0 saturated carbocycles. The predicted molar refractivity (Wildman–Crippen MR) is 59.4 cm³/mol. The Balaban J connectivity index is 2.92. The van der Waals surface area contributed by atoms with Gasteiger partial charge in [-0.15, -0.1) is 0 Å². The van der Waals surface area contributed by atoms with Gasteiger partial charge in [0.1, 0.15) is 5.82 Å². The fraction of sp³-hybridized carbons (Fsp3) is 0.0833. The number of hydrogen-bond acceptors (Lipinski definition) is 1. The molecule has 1 heterocycles. The molecule has 3 heteroatoms. The average molecular weight is 203 g/mol. The number of benzene rings is 1. The number of aryl methyl sites for hydroxylation is 1. The molecule has 0 unspecified atom stereocenters. The van der Waals surface area contributed by atoms with E-state index in [9.17, 15) is 9.18 Å². The second-order valence-corrected chi connectivity index (χ2v) is 3.45. The monoisotopic (exact) mass is 203 g/mol. The van der Waals surface area contributed by atoms with E-state index in [1.165, 1.54) is 6.07 Å². The number of pyridine rings is 1. The zero-order valence-corrected chi connectivity index (χ0v) is 8.30. The van der Waals surface area contributed by atoms with E-state index in [0.717, 1.165) is 0 Å². The molecule has 2 aromatic rings. The summed E-state index contributed by atoms with van der Waals surface area (Å²) < 4.78 is 13.6. The zero-order valence-electron chi connectivity index (χ0n) is 8.30. The van der Waals surface area contributed by atoms with Crippen molar-refractivity contribution in [3.05, 3.63) is 52.1 Å². The first-order valence-corrected chi connectivity index (χ1v) is 4.57. The Morgan fingerprint density at radius 1 is 1.40 bits per heavy atom. The second kappa shape index (κ2) is 3.35. The van der Waals surface area contributed by atoms with E-state index < -0.39 is 0 Å². The highest BCUT2D eigenvalue weighted by Gasteiger charge is 2.04. The van der Waals surface area contributed by atoms with Gasteiger partial charge in [-0.2, -0.15) is 0 Å². The van der Waals surface area contributed by atoms with Crippen LogP contribution in [-0.4, -0.2) is 4.98 Å². The van der Waals surface area contributed by atoms with Crippen molar-refractivity contribution in [1.29, 1.82) is 0 Å². The van der Waals surface area contributed by atoms with Crippen LogP contribution in [0, 0.1) is 12.7 Å². The summed E-state index contributed by atoms with van der Waals surface area (Å²) in [5.74, 6) is -0.346. The number of aromatic amines is 1. The normalized spacial score (nSPS) is 10.5. The average Bonchev–Trinajstić information content (AvgIpc) is 2.21. The molecule has 76 valence electrons. The molecule has 0 atom stereocenters. The number of hydrogen-bond donors (Lipinski definition) is 1. The maximum atomic E-state index is 13.6. The molecule has 15 heavy (non-hydrogen) atoms. The van der Waals surface area contributed by atoms with Gasteiger partial charge in [0.2, 0.25) is 0 Å². The highest BCUT2D eigenvalue weighted by Crippen LogP contribution is 2.18. The largest absolute Gasteiger partial charge is 0.322 e. The van der Waals surface area contributed by atoms with Gasteiger partial charge < -0.3 is 4.98 Å². The van der Waals surface area contributed by atoms with Gasteiger partial charge in [-0.25, -0.2) is 4.39 Å². The lowest BCUT2D eigenvalue weighted by Crippen LogP contribution is -2.09. The molecule has 0 amide bonds. The van der Waals surface area contributed by atoms with Gasteiger partial charge in [0.05, 0.1) is 5.52 Å². The minimum atomic E-state index is -0.346. The van der Waals surface area contributed by atoms with Crippen molar-refractivity contribution in [2.45, 2.75) is 6.92 Å². The van der Waals surface area contributed by atoms with Crippen LogP contribution in [0.1, 0.15) is 11.1 Å². The lowest BCUT2D eigenvalue weighted by molar-refractivity contribution is 0.639. The molecule has 0 radical (unpaired) electrons. The lowest BCUT2D eigenvalue weighted by atomic mass is 10.1. The summed E-state index contributed by atoms with van der Waals surface area (Å²) in [5.41, 5.74) is 1.47. The van der Waals surface area contributed by atoms with Crippen molar-refractivity contribution in [3.63, 3.8) is 0 Å². The van der Waals surface area contributed by atoms with Gasteiger partial charge in [0.25, 0.3) is 5.56 Å². The van der Waals surface area contributed by atoms with Gasteiger partial charge in [-0.1, -0.05) is 12.7 Å². The number of nitrogens with one attached hydrogen (secondary N) is 1. The van der Waals surface area contributed by atoms with Crippen LogP contribution >= 0.6 is 0 Å². The molecule has 1 aromatic heterocycles. The Labute approximate surface area is 86.1 Å². The van der Waals surface area contributed by atoms with E-state index in [4.69, 9.17) is 0 Å². The molecule has 2 nitrogen and oxygen atoms in total. The first-order valence-electron chi connectivity index (χ1n) is 4.57. The molecule has 0 bridgehead atoms. The molecular weight excluding hydrogens is 193 g/mol. The summed E-state index contributed by atoms with van der Waals surface area (Å²) in [5, 5.41) is 0.428. The van der Waals surface area contributed by atoms with Gasteiger partial charge in [0, 0.05) is 10.9 Å². The van der Waals surface area contributed by atoms with Crippen LogP contribution in [0.15, 0.2) is 29.6 Å². The van der Waals surface area contributed by atoms with Crippen molar-refractivity contribution >= 4 is 17.0 Å². The van der Waals surface area contributed by atoms with Crippen molar-refractivity contribution in [3.8, 4) is 0 Å². The van der Waals surface area contributed by atoms with Crippen LogP contribution in [0.25, 0.3) is 17.0 Å². The third kappa shape index (κ3) is 1.56. The molecule has 0 aliphatic rings. The highest BCUT2D eigenvalue weighted by molar-refractivity contribution is 5.82. The van der Waals surface area contributed by atoms with Crippen molar-refractivity contribution in [2.24, 2.45) is 0 Å². The topological polar surface area (TPSA) is 32.9 Å². The van der Waals surface area contributed by atoms with Crippen molar-refractivity contribution in [2.75, 3.05) is 0 Å². The Kier molecular flexibility index (Phi) is 2.15. The van der Waals surface area contributed by atoms with Crippen LogP contribution in [-0.2, 0) is 0 Å². The molecule has 0 fully saturated rings. The Morgan fingerprint density at radius 2 is 2.13 bits per heavy atom. The van der Waals surface area contributed by atoms with Crippen LogP contribution in [0.5, 0.6) is 0 Å². The third-order valence-corrected chi connectivity index (χ3v) is 2.35. The van der Waals surface area contributed by atoms with E-state index in [1.54, 1.807) is 25.1 Å². The minimum Gasteiger partial charge on any atom is -0.322 e. The lowest BCUT2D eigenvalue weighted by Gasteiger charge is -2.02. The standard InChI is InChI=1S/C12H10FNO/c1-3-8-5-10(13)9-4-7(2)12(15)14-11(9)6-8/h3-6H,1H2,2H3,(H,14,15). The summed E-state index contributed by atoms with van der Waals surface area (Å²) in [4.78, 5) is 14.0. The van der Waals surface area contributed by atoms with Crippen molar-refractivity contribution in [1.82, 2.24) is 4.98 Å². The van der Waals surface area contributed by atoms with Crippen LogP contribution in [0.4, 0.5) is 4.39 Å². The second-order valence-electron chi connectivity index (χ2n) is 3.45. The van der Waals surface area contributed by atoms with Gasteiger partial charge in [-0.05, 0) is 30.7 Å². The molecule has 2 rings (SSSR count). The number of halogens is 1. The first kappa shape index (κ1) is 9.65. The maximum Gasteiger partial charge on any atom is 0.251 e. The first-order chi connectivity index (χ1) is 7.11. The Bertz CT molecular complexity index is 598. The SMILES string of the molecule is C=Cc1cc(F)c2cc(C)c(=O)[nH]c2c1. The molecule has 0 aliphatic carbocycles. The highest BCUT2D eigenvalue weighted by atomic mass is 19.1. The minimum absolute atomic E-state index is 0.192.